The van der Waals surface area contributed by atoms with E-state index >= 15 is 0 Å². The van der Waals surface area contributed by atoms with Gasteiger partial charge in [0, 0.05) is 13.2 Å². The van der Waals surface area contributed by atoms with Gasteiger partial charge in [-0.2, -0.15) is 0 Å². The molecule has 1 atom stereocenters. The minimum absolute atomic E-state index is 0.0928. The summed E-state index contributed by atoms with van der Waals surface area (Å²) in [5.74, 6) is -0.0152. The minimum Gasteiger partial charge on any atom is -0.396 e. The molecule has 0 aliphatic rings. The van der Waals surface area contributed by atoms with Crippen LogP contribution in [0.1, 0.15) is 30.1 Å². The van der Waals surface area contributed by atoms with Crippen LogP contribution in [0.3, 0.4) is 0 Å². The zero-order valence-electron chi connectivity index (χ0n) is 10.1. The van der Waals surface area contributed by atoms with Gasteiger partial charge < -0.3 is 10.4 Å². The first kappa shape index (κ1) is 15.2. The number of carbonyl (C=O) groups is 1. The second-order valence-corrected chi connectivity index (χ2v) is 4.71. The third-order valence-electron chi connectivity index (χ3n) is 2.73. The van der Waals surface area contributed by atoms with Crippen molar-refractivity contribution in [3.8, 4) is 0 Å². The number of amides is 1. The van der Waals surface area contributed by atoms with Crippen molar-refractivity contribution in [1.82, 2.24) is 10.3 Å². The van der Waals surface area contributed by atoms with E-state index in [0.29, 0.717) is 18.5 Å². The highest BCUT2D eigenvalue weighted by molar-refractivity contribution is 6.34. The molecule has 1 rings (SSSR count). The molecule has 1 heterocycles. The van der Waals surface area contributed by atoms with Crippen molar-refractivity contribution in [2.24, 2.45) is 5.92 Å². The van der Waals surface area contributed by atoms with Gasteiger partial charge in [-0.1, -0.05) is 36.5 Å². The van der Waals surface area contributed by atoms with Gasteiger partial charge >= 0.3 is 0 Å². The molecule has 0 bridgehead atoms. The summed E-state index contributed by atoms with van der Waals surface area (Å²) in [4.78, 5) is 15.7. The summed E-state index contributed by atoms with van der Waals surface area (Å²) in [6.45, 7) is 2.65. The maximum atomic E-state index is 11.9. The number of aliphatic hydroxyl groups is 1. The van der Waals surface area contributed by atoms with Crippen molar-refractivity contribution in [2.75, 3.05) is 13.2 Å². The average molecular weight is 291 g/mol. The molecule has 0 aliphatic heterocycles. The zero-order chi connectivity index (χ0) is 13.5. The quantitative estimate of drug-likeness (QED) is 0.792. The number of aromatic nitrogens is 1. The Kier molecular flexibility index (Phi) is 6.39. The Morgan fingerprint density at radius 2 is 2.22 bits per heavy atom. The van der Waals surface area contributed by atoms with Crippen LogP contribution in [0.4, 0.5) is 0 Å². The number of aliphatic hydroxyl groups excluding tert-OH is 1. The lowest BCUT2D eigenvalue weighted by Gasteiger charge is -2.14. The molecule has 1 aromatic rings. The van der Waals surface area contributed by atoms with E-state index < -0.39 is 0 Å². The first-order valence-electron chi connectivity index (χ1n) is 5.79. The monoisotopic (exact) mass is 290 g/mol. The van der Waals surface area contributed by atoms with Gasteiger partial charge in [0.1, 0.15) is 10.3 Å². The second kappa shape index (κ2) is 7.56. The summed E-state index contributed by atoms with van der Waals surface area (Å²) in [6.07, 6.45) is 1.57. The third kappa shape index (κ3) is 4.44. The van der Waals surface area contributed by atoms with Crippen LogP contribution in [0.5, 0.6) is 0 Å². The first-order valence-corrected chi connectivity index (χ1v) is 6.55. The maximum Gasteiger partial charge on any atom is 0.254 e. The zero-order valence-corrected chi connectivity index (χ0v) is 11.6. The minimum atomic E-state index is -0.277. The third-order valence-corrected chi connectivity index (χ3v) is 3.22. The van der Waals surface area contributed by atoms with Gasteiger partial charge in [-0.25, -0.2) is 4.98 Å². The summed E-state index contributed by atoms with van der Waals surface area (Å²) >= 11 is 11.5. The summed E-state index contributed by atoms with van der Waals surface area (Å²) < 4.78 is 0. The van der Waals surface area contributed by atoms with E-state index in [4.69, 9.17) is 28.3 Å². The van der Waals surface area contributed by atoms with E-state index in [1.165, 1.54) is 6.07 Å². The SMILES string of the molecule is CCC(CCO)CNC(=O)c1ccc(Cl)nc1Cl. The number of hydrogen-bond acceptors (Lipinski definition) is 3. The van der Waals surface area contributed by atoms with Crippen LogP contribution >= 0.6 is 23.2 Å². The van der Waals surface area contributed by atoms with Crippen LogP contribution in [0, 0.1) is 5.92 Å². The standard InChI is InChI=1S/C12H16Cl2N2O2/c1-2-8(5-6-17)7-15-12(18)9-3-4-10(13)16-11(9)14/h3-4,8,17H,2,5-7H2,1H3,(H,15,18). The molecule has 0 aromatic carbocycles. The predicted molar refractivity (Wildman–Crippen MR) is 72.1 cm³/mol. The molecule has 2 N–H and O–H groups in total. The van der Waals surface area contributed by atoms with E-state index in [1.807, 2.05) is 6.92 Å². The van der Waals surface area contributed by atoms with Crippen LogP contribution in [0.25, 0.3) is 0 Å². The highest BCUT2D eigenvalue weighted by Crippen LogP contribution is 2.16. The lowest BCUT2D eigenvalue weighted by Crippen LogP contribution is -2.29. The molecular weight excluding hydrogens is 275 g/mol. The highest BCUT2D eigenvalue weighted by Gasteiger charge is 2.13. The van der Waals surface area contributed by atoms with E-state index in [9.17, 15) is 4.79 Å². The molecule has 1 amide bonds. The molecule has 100 valence electrons. The summed E-state index contributed by atoms with van der Waals surface area (Å²) in [7, 11) is 0. The van der Waals surface area contributed by atoms with Gasteiger partial charge in [0.15, 0.2) is 0 Å². The van der Waals surface area contributed by atoms with Crippen molar-refractivity contribution in [3.05, 3.63) is 28.0 Å². The fraction of sp³-hybridized carbons (Fsp3) is 0.500. The van der Waals surface area contributed by atoms with Crippen molar-refractivity contribution < 1.29 is 9.90 Å². The van der Waals surface area contributed by atoms with Gasteiger partial charge in [0.25, 0.3) is 5.91 Å². The molecule has 0 saturated carbocycles. The highest BCUT2D eigenvalue weighted by atomic mass is 35.5. The lowest BCUT2D eigenvalue weighted by atomic mass is 10.0. The first-order chi connectivity index (χ1) is 8.58. The molecule has 1 aromatic heterocycles. The number of nitrogens with one attached hydrogen (secondary N) is 1. The average Bonchev–Trinajstić information content (AvgIpc) is 2.34. The smallest absolute Gasteiger partial charge is 0.254 e. The molecular formula is C12H16Cl2N2O2. The van der Waals surface area contributed by atoms with Crippen LogP contribution in [0.15, 0.2) is 12.1 Å². The number of pyridine rings is 1. The van der Waals surface area contributed by atoms with Crippen molar-refractivity contribution >= 4 is 29.1 Å². The summed E-state index contributed by atoms with van der Waals surface area (Å²) in [6, 6.07) is 3.06. The van der Waals surface area contributed by atoms with Crippen LogP contribution < -0.4 is 5.32 Å². The number of nitrogens with zero attached hydrogens (tertiary/aromatic N) is 1. The Morgan fingerprint density at radius 3 is 2.78 bits per heavy atom. The topological polar surface area (TPSA) is 62.2 Å². The Hall–Kier alpha value is -0.840. The van der Waals surface area contributed by atoms with Crippen LogP contribution in [0.2, 0.25) is 10.3 Å². The van der Waals surface area contributed by atoms with E-state index in [2.05, 4.69) is 10.3 Å². The molecule has 0 fully saturated rings. The summed E-state index contributed by atoms with van der Waals surface area (Å²) in [5.41, 5.74) is 0.305. The van der Waals surface area contributed by atoms with E-state index in [-0.39, 0.29) is 28.7 Å². The number of rotatable bonds is 6. The van der Waals surface area contributed by atoms with Gasteiger partial charge in [-0.15, -0.1) is 0 Å². The summed E-state index contributed by atoms with van der Waals surface area (Å²) in [5, 5.41) is 12.0. The predicted octanol–water partition coefficient (Wildman–Crippen LogP) is 2.53. The normalized spacial score (nSPS) is 12.2. The molecule has 1 unspecified atom stereocenters. The Bertz CT molecular complexity index is 413. The molecule has 0 spiro atoms. The van der Waals surface area contributed by atoms with Crippen LogP contribution in [-0.4, -0.2) is 29.1 Å². The Morgan fingerprint density at radius 1 is 1.50 bits per heavy atom. The molecule has 4 nitrogen and oxygen atoms in total. The number of hydrogen-bond donors (Lipinski definition) is 2. The van der Waals surface area contributed by atoms with Gasteiger partial charge in [-0.3, -0.25) is 4.79 Å². The largest absolute Gasteiger partial charge is 0.396 e. The molecule has 0 radical (unpaired) electrons. The molecule has 6 heteroatoms. The lowest BCUT2D eigenvalue weighted by molar-refractivity contribution is 0.0943. The fourth-order valence-electron chi connectivity index (χ4n) is 1.55. The van der Waals surface area contributed by atoms with Gasteiger partial charge in [-0.05, 0) is 24.5 Å². The van der Waals surface area contributed by atoms with Gasteiger partial charge in [0.2, 0.25) is 0 Å². The molecule has 18 heavy (non-hydrogen) atoms. The van der Waals surface area contributed by atoms with Crippen molar-refractivity contribution in [1.29, 1.82) is 0 Å². The van der Waals surface area contributed by atoms with Crippen molar-refractivity contribution in [2.45, 2.75) is 19.8 Å². The van der Waals surface area contributed by atoms with Gasteiger partial charge in [0.05, 0.1) is 5.56 Å². The second-order valence-electron chi connectivity index (χ2n) is 3.97. The molecule has 0 aliphatic carbocycles. The maximum absolute atomic E-state index is 11.9. The Balaban J connectivity index is 2.59. The van der Waals surface area contributed by atoms with Crippen molar-refractivity contribution in [3.63, 3.8) is 0 Å². The van der Waals surface area contributed by atoms with E-state index in [1.54, 1.807) is 6.07 Å². The van der Waals surface area contributed by atoms with E-state index in [0.717, 1.165) is 6.42 Å². The van der Waals surface area contributed by atoms with Crippen LogP contribution in [-0.2, 0) is 0 Å². The number of carbonyl (C=O) groups excluding carboxylic acids is 1. The molecule has 0 saturated heterocycles. The number of halogens is 2. The Labute approximate surface area is 116 Å². The fourth-order valence-corrected chi connectivity index (χ4v) is 1.98.